The van der Waals surface area contributed by atoms with Crippen molar-refractivity contribution in [1.29, 1.82) is 0 Å². The highest BCUT2D eigenvalue weighted by Crippen LogP contribution is 2.07. The minimum Gasteiger partial charge on any atom is -0.353 e. The second-order valence-electron chi connectivity index (χ2n) is 3.27. The van der Waals surface area contributed by atoms with Crippen molar-refractivity contribution in [3.8, 4) is 0 Å². The van der Waals surface area contributed by atoms with E-state index in [0.29, 0.717) is 6.42 Å². The summed E-state index contributed by atoms with van der Waals surface area (Å²) in [4.78, 5) is 10.1. The molecule has 0 radical (unpaired) electrons. The molecule has 3 nitrogen and oxygen atoms in total. The molecule has 3 heteroatoms. The zero-order chi connectivity index (χ0) is 10.6. The van der Waals surface area contributed by atoms with Crippen LogP contribution >= 0.6 is 0 Å². The van der Waals surface area contributed by atoms with Gasteiger partial charge in [-0.15, -0.1) is 0 Å². The Hall–Kier alpha value is -0.410. The fraction of sp³-hybridized carbons (Fsp3) is 0.909. The summed E-state index contributed by atoms with van der Waals surface area (Å²) in [7, 11) is 0. The van der Waals surface area contributed by atoms with Crippen molar-refractivity contribution in [3.63, 3.8) is 0 Å². The van der Waals surface area contributed by atoms with Gasteiger partial charge in [-0.3, -0.25) is 0 Å². The molecular formula is C11H22O3. The van der Waals surface area contributed by atoms with Crippen LogP contribution in [0.2, 0.25) is 0 Å². The van der Waals surface area contributed by atoms with E-state index in [2.05, 4.69) is 13.8 Å². The lowest BCUT2D eigenvalue weighted by atomic mass is 10.2. The molecule has 0 aromatic carbocycles. The van der Waals surface area contributed by atoms with E-state index >= 15 is 0 Å². The third-order valence-corrected chi connectivity index (χ3v) is 1.78. The van der Waals surface area contributed by atoms with Crippen molar-refractivity contribution in [2.75, 3.05) is 13.2 Å². The van der Waals surface area contributed by atoms with E-state index in [-0.39, 0.29) is 6.29 Å². The minimum absolute atomic E-state index is 0.116. The van der Waals surface area contributed by atoms with E-state index in [0.717, 1.165) is 45.2 Å². The average Bonchev–Trinajstić information content (AvgIpc) is 2.21. The fourth-order valence-corrected chi connectivity index (χ4v) is 1.08. The summed E-state index contributed by atoms with van der Waals surface area (Å²) in [5.74, 6) is 0. The van der Waals surface area contributed by atoms with Gasteiger partial charge in [0.25, 0.3) is 0 Å². The number of carbonyl (C=O) groups is 1. The maximum absolute atomic E-state index is 10.1. The molecule has 0 aromatic rings. The number of ether oxygens (including phenoxy) is 2. The molecule has 0 unspecified atom stereocenters. The first-order chi connectivity index (χ1) is 6.85. The van der Waals surface area contributed by atoms with E-state index in [4.69, 9.17) is 9.47 Å². The number of aldehydes is 1. The number of carbonyl (C=O) groups excluding carboxylic acids is 1. The average molecular weight is 202 g/mol. The Kier molecular flexibility index (Phi) is 10.4. The molecule has 0 rings (SSSR count). The molecule has 0 bridgehead atoms. The fourth-order valence-electron chi connectivity index (χ4n) is 1.08. The molecule has 0 spiro atoms. The van der Waals surface area contributed by atoms with Crippen LogP contribution in [0.3, 0.4) is 0 Å². The SMILES string of the molecule is CCCOC(CCCC=O)OCCC. The quantitative estimate of drug-likeness (QED) is 0.310. The van der Waals surface area contributed by atoms with Crippen LogP contribution < -0.4 is 0 Å². The molecule has 0 aliphatic carbocycles. The van der Waals surface area contributed by atoms with E-state index in [1.807, 2.05) is 0 Å². The summed E-state index contributed by atoms with van der Waals surface area (Å²) >= 11 is 0. The van der Waals surface area contributed by atoms with Crippen LogP contribution in [0.1, 0.15) is 46.0 Å². The van der Waals surface area contributed by atoms with Crippen molar-refractivity contribution in [3.05, 3.63) is 0 Å². The zero-order valence-electron chi connectivity index (χ0n) is 9.33. The maximum atomic E-state index is 10.1. The Morgan fingerprint density at radius 2 is 1.71 bits per heavy atom. The normalized spacial score (nSPS) is 10.8. The molecule has 84 valence electrons. The van der Waals surface area contributed by atoms with E-state index in [1.54, 1.807) is 0 Å². The molecule has 0 aliphatic heterocycles. The highest BCUT2D eigenvalue weighted by atomic mass is 16.7. The van der Waals surface area contributed by atoms with Gasteiger partial charge in [-0.05, 0) is 25.7 Å². The third-order valence-electron chi connectivity index (χ3n) is 1.78. The molecular weight excluding hydrogens is 180 g/mol. The summed E-state index contributed by atoms with van der Waals surface area (Å²) in [5, 5.41) is 0. The second kappa shape index (κ2) is 10.7. The summed E-state index contributed by atoms with van der Waals surface area (Å²) in [6.07, 6.45) is 5.09. The smallest absolute Gasteiger partial charge is 0.157 e. The molecule has 0 saturated heterocycles. The Labute approximate surface area is 86.8 Å². The first-order valence-corrected chi connectivity index (χ1v) is 5.52. The monoisotopic (exact) mass is 202 g/mol. The van der Waals surface area contributed by atoms with Gasteiger partial charge in [0.15, 0.2) is 6.29 Å². The van der Waals surface area contributed by atoms with Gasteiger partial charge in [-0.25, -0.2) is 0 Å². The van der Waals surface area contributed by atoms with Crippen molar-refractivity contribution in [1.82, 2.24) is 0 Å². The molecule has 0 fully saturated rings. The van der Waals surface area contributed by atoms with Gasteiger partial charge < -0.3 is 14.3 Å². The third kappa shape index (κ3) is 8.20. The Morgan fingerprint density at radius 3 is 2.14 bits per heavy atom. The maximum Gasteiger partial charge on any atom is 0.157 e. The predicted octanol–water partition coefficient (Wildman–Crippen LogP) is 2.53. The Bertz CT molecular complexity index is 118. The number of unbranched alkanes of at least 4 members (excludes halogenated alkanes) is 1. The summed E-state index contributed by atoms with van der Waals surface area (Å²) in [6.45, 7) is 5.61. The number of rotatable bonds is 10. The van der Waals surface area contributed by atoms with Gasteiger partial charge in [0.05, 0.1) is 0 Å². The molecule has 0 N–H and O–H groups in total. The van der Waals surface area contributed by atoms with Crippen molar-refractivity contribution >= 4 is 6.29 Å². The molecule has 0 heterocycles. The lowest BCUT2D eigenvalue weighted by molar-refractivity contribution is -0.146. The van der Waals surface area contributed by atoms with E-state index in [1.165, 1.54) is 0 Å². The molecule has 0 aromatic heterocycles. The summed E-state index contributed by atoms with van der Waals surface area (Å²) < 4.78 is 11.0. The lowest BCUT2D eigenvalue weighted by Gasteiger charge is -2.17. The predicted molar refractivity (Wildman–Crippen MR) is 56.2 cm³/mol. The molecule has 0 saturated carbocycles. The van der Waals surface area contributed by atoms with Crippen LogP contribution in [0.4, 0.5) is 0 Å². The van der Waals surface area contributed by atoms with Crippen LogP contribution in [0.5, 0.6) is 0 Å². The zero-order valence-corrected chi connectivity index (χ0v) is 9.33. The highest BCUT2D eigenvalue weighted by Gasteiger charge is 2.07. The topological polar surface area (TPSA) is 35.5 Å². The standard InChI is InChI=1S/C11H22O3/c1-3-9-13-11(14-10-4-2)7-5-6-8-12/h8,11H,3-7,9-10H2,1-2H3. The van der Waals surface area contributed by atoms with Gasteiger partial charge in [0.2, 0.25) is 0 Å². The molecule has 14 heavy (non-hydrogen) atoms. The van der Waals surface area contributed by atoms with Crippen LogP contribution in [-0.2, 0) is 14.3 Å². The largest absolute Gasteiger partial charge is 0.353 e. The van der Waals surface area contributed by atoms with Gasteiger partial charge in [0.1, 0.15) is 6.29 Å². The summed E-state index contributed by atoms with van der Waals surface area (Å²) in [5.41, 5.74) is 0. The molecule has 0 aliphatic rings. The second-order valence-corrected chi connectivity index (χ2v) is 3.27. The molecule has 0 atom stereocenters. The van der Waals surface area contributed by atoms with Crippen LogP contribution in [-0.4, -0.2) is 25.8 Å². The van der Waals surface area contributed by atoms with Crippen LogP contribution in [0.25, 0.3) is 0 Å². The number of hydrogen-bond donors (Lipinski definition) is 0. The van der Waals surface area contributed by atoms with Gasteiger partial charge in [-0.2, -0.15) is 0 Å². The van der Waals surface area contributed by atoms with Gasteiger partial charge in [0, 0.05) is 19.6 Å². The lowest BCUT2D eigenvalue weighted by Crippen LogP contribution is -2.18. The minimum atomic E-state index is -0.116. The van der Waals surface area contributed by atoms with Crippen LogP contribution in [0, 0.1) is 0 Å². The Morgan fingerprint density at radius 1 is 1.14 bits per heavy atom. The van der Waals surface area contributed by atoms with Gasteiger partial charge in [-0.1, -0.05) is 13.8 Å². The first kappa shape index (κ1) is 13.6. The van der Waals surface area contributed by atoms with Crippen molar-refractivity contribution in [2.24, 2.45) is 0 Å². The first-order valence-electron chi connectivity index (χ1n) is 5.52. The highest BCUT2D eigenvalue weighted by molar-refractivity contribution is 5.48. The van der Waals surface area contributed by atoms with Crippen molar-refractivity contribution < 1.29 is 14.3 Å². The Balaban J connectivity index is 3.54. The summed E-state index contributed by atoms with van der Waals surface area (Å²) in [6, 6.07) is 0. The number of hydrogen-bond acceptors (Lipinski definition) is 3. The van der Waals surface area contributed by atoms with E-state index in [9.17, 15) is 4.79 Å². The molecule has 0 amide bonds. The van der Waals surface area contributed by atoms with Crippen LogP contribution in [0.15, 0.2) is 0 Å². The van der Waals surface area contributed by atoms with Gasteiger partial charge >= 0.3 is 0 Å². The van der Waals surface area contributed by atoms with Crippen molar-refractivity contribution in [2.45, 2.75) is 52.2 Å². The van der Waals surface area contributed by atoms with E-state index < -0.39 is 0 Å².